The van der Waals surface area contributed by atoms with Crippen LogP contribution in [0.5, 0.6) is 5.75 Å². The Labute approximate surface area is 134 Å². The van der Waals surface area contributed by atoms with E-state index < -0.39 is 0 Å². The predicted molar refractivity (Wildman–Crippen MR) is 85.1 cm³/mol. The zero-order valence-electron chi connectivity index (χ0n) is 13.6. The van der Waals surface area contributed by atoms with Crippen LogP contribution in [0.25, 0.3) is 10.9 Å². The number of amides is 1. The number of nitrogens with one attached hydrogen (secondary N) is 1. The largest absolute Gasteiger partial charge is 0.496 e. The molecule has 0 fully saturated rings. The first kappa shape index (κ1) is 15.4. The van der Waals surface area contributed by atoms with Crippen LogP contribution in [0.3, 0.4) is 0 Å². The summed E-state index contributed by atoms with van der Waals surface area (Å²) >= 11 is 0. The molecule has 2 heterocycles. The van der Waals surface area contributed by atoms with E-state index in [4.69, 9.17) is 9.47 Å². The predicted octanol–water partition coefficient (Wildman–Crippen LogP) is 2.14. The molecule has 0 atom stereocenters. The Kier molecular flexibility index (Phi) is 3.98. The summed E-state index contributed by atoms with van der Waals surface area (Å²) in [6, 6.07) is 3.86. The minimum atomic E-state index is -0.312. The molecule has 1 N–H and O–H groups in total. The maximum absolute atomic E-state index is 11.9. The first-order valence-electron chi connectivity index (χ1n) is 7.59. The molecule has 0 radical (unpaired) electrons. The second-order valence-corrected chi connectivity index (χ2v) is 5.72. The molecule has 1 aliphatic rings. The SMILES string of the molecule is COc1ccc2[nH]c(COC(C)=O)c3c2c1CN(C(C)=O)CC3. The first-order valence-corrected chi connectivity index (χ1v) is 7.59. The van der Waals surface area contributed by atoms with Gasteiger partial charge in [-0.15, -0.1) is 0 Å². The molecule has 1 amide bonds. The summed E-state index contributed by atoms with van der Waals surface area (Å²) < 4.78 is 10.6. The average Bonchev–Trinajstić information content (AvgIpc) is 2.72. The van der Waals surface area contributed by atoms with E-state index in [9.17, 15) is 9.59 Å². The third-order valence-electron chi connectivity index (χ3n) is 4.29. The molecular formula is C17H20N2O4. The van der Waals surface area contributed by atoms with E-state index in [0.29, 0.717) is 13.1 Å². The summed E-state index contributed by atoms with van der Waals surface area (Å²) in [6.45, 7) is 4.34. The van der Waals surface area contributed by atoms with Crippen molar-refractivity contribution in [2.24, 2.45) is 0 Å². The number of hydrogen-bond donors (Lipinski definition) is 1. The maximum Gasteiger partial charge on any atom is 0.303 e. The zero-order chi connectivity index (χ0) is 16.6. The van der Waals surface area contributed by atoms with E-state index in [-0.39, 0.29) is 18.5 Å². The number of esters is 1. The zero-order valence-corrected chi connectivity index (χ0v) is 13.6. The van der Waals surface area contributed by atoms with Crippen molar-refractivity contribution in [1.29, 1.82) is 0 Å². The lowest BCUT2D eigenvalue weighted by atomic mass is 10.0. The maximum atomic E-state index is 11.9. The monoisotopic (exact) mass is 316 g/mol. The van der Waals surface area contributed by atoms with Crippen molar-refractivity contribution < 1.29 is 19.1 Å². The Morgan fingerprint density at radius 3 is 2.70 bits per heavy atom. The first-order chi connectivity index (χ1) is 11.0. The highest BCUT2D eigenvalue weighted by atomic mass is 16.5. The van der Waals surface area contributed by atoms with Crippen LogP contribution in [0, 0.1) is 0 Å². The highest BCUT2D eigenvalue weighted by Crippen LogP contribution is 2.36. The van der Waals surface area contributed by atoms with Crippen LogP contribution in [0.2, 0.25) is 0 Å². The van der Waals surface area contributed by atoms with Crippen LogP contribution in [0.15, 0.2) is 12.1 Å². The molecule has 122 valence electrons. The average molecular weight is 316 g/mol. The van der Waals surface area contributed by atoms with Crippen molar-refractivity contribution in [2.45, 2.75) is 33.4 Å². The molecule has 2 aromatic rings. The molecule has 1 aromatic heterocycles. The Hall–Kier alpha value is -2.50. The lowest BCUT2D eigenvalue weighted by Crippen LogP contribution is -2.29. The van der Waals surface area contributed by atoms with Gasteiger partial charge in [0.25, 0.3) is 0 Å². The molecule has 0 bridgehead atoms. The van der Waals surface area contributed by atoms with Crippen molar-refractivity contribution in [3.05, 3.63) is 29.0 Å². The van der Waals surface area contributed by atoms with Gasteiger partial charge >= 0.3 is 5.97 Å². The molecule has 0 saturated carbocycles. The number of H-pyrrole nitrogens is 1. The third kappa shape index (κ3) is 2.76. The van der Waals surface area contributed by atoms with Crippen molar-refractivity contribution in [1.82, 2.24) is 9.88 Å². The van der Waals surface area contributed by atoms with E-state index in [1.807, 2.05) is 17.0 Å². The molecule has 6 nitrogen and oxygen atoms in total. The fourth-order valence-electron chi connectivity index (χ4n) is 3.17. The van der Waals surface area contributed by atoms with Crippen LogP contribution >= 0.6 is 0 Å². The van der Waals surface area contributed by atoms with Gasteiger partial charge in [0.15, 0.2) is 0 Å². The number of hydrogen-bond acceptors (Lipinski definition) is 4. The van der Waals surface area contributed by atoms with Gasteiger partial charge in [0, 0.05) is 43.4 Å². The number of nitrogens with zero attached hydrogens (tertiary/aromatic N) is 1. The molecule has 0 saturated heterocycles. The van der Waals surface area contributed by atoms with Crippen LogP contribution in [-0.4, -0.2) is 35.4 Å². The van der Waals surface area contributed by atoms with Crippen molar-refractivity contribution >= 4 is 22.8 Å². The van der Waals surface area contributed by atoms with Gasteiger partial charge < -0.3 is 19.4 Å². The fraction of sp³-hybridized carbons (Fsp3) is 0.412. The molecule has 0 aliphatic carbocycles. The topological polar surface area (TPSA) is 71.6 Å². The molecule has 1 aromatic carbocycles. The van der Waals surface area contributed by atoms with E-state index in [1.165, 1.54) is 6.92 Å². The van der Waals surface area contributed by atoms with Gasteiger partial charge in [-0.2, -0.15) is 0 Å². The Bertz CT molecular complexity index is 778. The Balaban J connectivity index is 2.13. The molecule has 1 aliphatic heterocycles. The summed E-state index contributed by atoms with van der Waals surface area (Å²) in [6.07, 6.45) is 0.719. The summed E-state index contributed by atoms with van der Waals surface area (Å²) in [4.78, 5) is 28.1. The lowest BCUT2D eigenvalue weighted by Gasteiger charge is -2.20. The number of aromatic nitrogens is 1. The second kappa shape index (κ2) is 5.95. The quantitative estimate of drug-likeness (QED) is 0.881. The minimum absolute atomic E-state index is 0.0414. The summed E-state index contributed by atoms with van der Waals surface area (Å²) in [7, 11) is 1.63. The third-order valence-corrected chi connectivity index (χ3v) is 4.29. The number of methoxy groups -OCH3 is 1. The lowest BCUT2D eigenvalue weighted by molar-refractivity contribution is -0.142. The number of ether oxygens (including phenoxy) is 2. The van der Waals surface area contributed by atoms with Crippen molar-refractivity contribution in [3.63, 3.8) is 0 Å². The number of carbonyl (C=O) groups is 2. The highest BCUT2D eigenvalue weighted by Gasteiger charge is 2.24. The molecular weight excluding hydrogens is 296 g/mol. The fourth-order valence-corrected chi connectivity index (χ4v) is 3.17. The Morgan fingerprint density at radius 1 is 1.26 bits per heavy atom. The summed E-state index contributed by atoms with van der Waals surface area (Å²) in [5.41, 5.74) is 3.95. The number of carbonyl (C=O) groups excluding carboxylic acids is 2. The smallest absolute Gasteiger partial charge is 0.303 e. The van der Waals surface area contributed by atoms with Crippen LogP contribution < -0.4 is 4.74 Å². The minimum Gasteiger partial charge on any atom is -0.496 e. The van der Waals surface area contributed by atoms with Crippen LogP contribution in [-0.2, 0) is 33.9 Å². The molecule has 3 rings (SSSR count). The van der Waals surface area contributed by atoms with Gasteiger partial charge in [0.05, 0.1) is 12.8 Å². The standard InChI is InChI=1S/C17H20N2O4/c1-10(20)19-7-6-12-15(9-23-11(2)21)18-14-4-5-16(22-3)13(8-19)17(12)14/h4-5,18H,6-9H2,1-3H3. The van der Waals surface area contributed by atoms with E-state index >= 15 is 0 Å². The second-order valence-electron chi connectivity index (χ2n) is 5.72. The molecule has 0 spiro atoms. The van der Waals surface area contributed by atoms with Gasteiger partial charge in [-0.25, -0.2) is 0 Å². The Morgan fingerprint density at radius 2 is 2.04 bits per heavy atom. The summed E-state index contributed by atoms with van der Waals surface area (Å²) in [5.74, 6) is 0.498. The molecule has 6 heteroatoms. The van der Waals surface area contributed by atoms with Gasteiger partial charge in [-0.05, 0) is 24.1 Å². The van der Waals surface area contributed by atoms with Gasteiger partial charge in [-0.3, -0.25) is 9.59 Å². The van der Waals surface area contributed by atoms with Gasteiger partial charge in [0.2, 0.25) is 5.91 Å². The van der Waals surface area contributed by atoms with Gasteiger partial charge in [0.1, 0.15) is 12.4 Å². The number of aromatic amines is 1. The summed E-state index contributed by atoms with van der Waals surface area (Å²) in [5, 5.41) is 1.08. The van der Waals surface area contributed by atoms with Crippen molar-refractivity contribution in [2.75, 3.05) is 13.7 Å². The van der Waals surface area contributed by atoms with Crippen LogP contribution in [0.1, 0.15) is 30.7 Å². The number of rotatable bonds is 3. The molecule has 23 heavy (non-hydrogen) atoms. The van der Waals surface area contributed by atoms with Gasteiger partial charge in [-0.1, -0.05) is 0 Å². The van der Waals surface area contributed by atoms with E-state index in [0.717, 1.165) is 39.9 Å². The molecule has 0 unspecified atom stereocenters. The normalized spacial score (nSPS) is 13.8. The van der Waals surface area contributed by atoms with E-state index in [2.05, 4.69) is 4.98 Å². The van der Waals surface area contributed by atoms with Crippen molar-refractivity contribution in [3.8, 4) is 5.75 Å². The number of benzene rings is 1. The van der Waals surface area contributed by atoms with E-state index in [1.54, 1.807) is 14.0 Å². The van der Waals surface area contributed by atoms with Crippen LogP contribution in [0.4, 0.5) is 0 Å². The highest BCUT2D eigenvalue weighted by molar-refractivity contribution is 5.91.